The molecule has 1 atom stereocenters. The first-order valence-electron chi connectivity index (χ1n) is 6.97. The lowest BCUT2D eigenvalue weighted by Gasteiger charge is -2.26. The lowest BCUT2D eigenvalue weighted by atomic mass is 9.88. The fraction of sp³-hybridized carbons (Fsp3) is 0.375. The molecule has 0 aliphatic heterocycles. The highest BCUT2D eigenvalue weighted by molar-refractivity contribution is 6.31. The number of benzene rings is 1. The van der Waals surface area contributed by atoms with E-state index in [1.807, 2.05) is 13.8 Å². The highest BCUT2D eigenvalue weighted by Gasteiger charge is 2.19. The normalized spacial score (nSPS) is 17.6. The van der Waals surface area contributed by atoms with Crippen molar-refractivity contribution in [2.24, 2.45) is 0 Å². The molecule has 2 aromatic rings. The predicted octanol–water partition coefficient (Wildman–Crippen LogP) is 3.72. The summed E-state index contributed by atoms with van der Waals surface area (Å²) in [7, 11) is 0. The third-order valence-corrected chi connectivity index (χ3v) is 4.22. The molecule has 0 radical (unpaired) electrons. The van der Waals surface area contributed by atoms with Crippen LogP contribution in [0.5, 0.6) is 0 Å². The first-order chi connectivity index (χ1) is 9.63. The highest BCUT2D eigenvalue weighted by atomic mass is 35.5. The second kappa shape index (κ2) is 5.41. The molecule has 1 aromatic heterocycles. The molecule has 1 heterocycles. The van der Waals surface area contributed by atoms with Gasteiger partial charge in [0.2, 0.25) is 0 Å². The van der Waals surface area contributed by atoms with Crippen LogP contribution in [-0.2, 0) is 12.8 Å². The van der Waals surface area contributed by atoms with Crippen molar-refractivity contribution < 1.29 is 0 Å². The maximum Gasteiger partial charge on any atom is 0.171 e. The predicted molar refractivity (Wildman–Crippen MR) is 82.4 cm³/mol. The average Bonchev–Trinajstić information content (AvgIpc) is 2.44. The zero-order valence-corrected chi connectivity index (χ0v) is 12.5. The number of hydrogen-bond acceptors (Lipinski definition) is 3. The van der Waals surface area contributed by atoms with Crippen LogP contribution in [0.4, 0.5) is 5.82 Å². The molecule has 3 nitrogen and oxygen atoms in total. The Hall–Kier alpha value is -1.61. The van der Waals surface area contributed by atoms with E-state index in [1.165, 1.54) is 11.1 Å². The summed E-state index contributed by atoms with van der Waals surface area (Å²) >= 11 is 6.18. The number of hydrogen-bond donors (Lipinski definition) is 1. The summed E-state index contributed by atoms with van der Waals surface area (Å²) in [5.74, 6) is 0.708. The highest BCUT2D eigenvalue weighted by Crippen LogP contribution is 2.25. The molecular formula is C16H18ClN3. The van der Waals surface area contributed by atoms with Crippen LogP contribution in [0.2, 0.25) is 5.15 Å². The summed E-state index contributed by atoms with van der Waals surface area (Å²) in [5.41, 5.74) is 4.69. The van der Waals surface area contributed by atoms with Crippen molar-refractivity contribution in [2.75, 3.05) is 5.32 Å². The fourth-order valence-electron chi connectivity index (χ4n) is 2.68. The number of nitrogens with one attached hydrogen (secondary N) is 1. The van der Waals surface area contributed by atoms with Gasteiger partial charge in [0.05, 0.1) is 11.4 Å². The van der Waals surface area contributed by atoms with Crippen LogP contribution in [0.3, 0.4) is 0 Å². The van der Waals surface area contributed by atoms with E-state index in [9.17, 15) is 0 Å². The fourth-order valence-corrected chi connectivity index (χ4v) is 2.91. The molecule has 0 fully saturated rings. The third-order valence-electron chi connectivity index (χ3n) is 3.95. The lowest BCUT2D eigenvalue weighted by molar-refractivity contribution is 0.608. The number of rotatable bonds is 2. The molecule has 0 bridgehead atoms. The van der Waals surface area contributed by atoms with Crippen molar-refractivity contribution >= 4 is 17.4 Å². The maximum atomic E-state index is 6.18. The molecular weight excluding hydrogens is 270 g/mol. The van der Waals surface area contributed by atoms with Gasteiger partial charge in [-0.05, 0) is 44.2 Å². The van der Waals surface area contributed by atoms with Crippen molar-refractivity contribution in [3.8, 4) is 0 Å². The van der Waals surface area contributed by atoms with Gasteiger partial charge in [-0.3, -0.25) is 0 Å². The number of nitrogens with zero attached hydrogens (tertiary/aromatic N) is 2. The minimum atomic E-state index is 0.374. The molecule has 1 aromatic carbocycles. The van der Waals surface area contributed by atoms with Crippen molar-refractivity contribution in [1.82, 2.24) is 9.97 Å². The first-order valence-corrected chi connectivity index (χ1v) is 7.35. The molecule has 0 saturated heterocycles. The van der Waals surface area contributed by atoms with Gasteiger partial charge in [0.1, 0.15) is 0 Å². The number of fused-ring (bicyclic) bond motifs is 1. The van der Waals surface area contributed by atoms with Crippen LogP contribution in [0.15, 0.2) is 24.3 Å². The van der Waals surface area contributed by atoms with E-state index < -0.39 is 0 Å². The summed E-state index contributed by atoms with van der Waals surface area (Å²) in [5, 5.41) is 3.92. The summed E-state index contributed by atoms with van der Waals surface area (Å²) in [4.78, 5) is 8.84. The SMILES string of the molecule is Cc1nc(Cl)c(NC2CCc3ccccc3C2)nc1C. The lowest BCUT2D eigenvalue weighted by Crippen LogP contribution is -2.28. The van der Waals surface area contributed by atoms with E-state index in [2.05, 4.69) is 39.6 Å². The zero-order chi connectivity index (χ0) is 14.1. The molecule has 4 heteroatoms. The average molecular weight is 288 g/mol. The van der Waals surface area contributed by atoms with Crippen LogP contribution < -0.4 is 5.32 Å². The monoisotopic (exact) mass is 287 g/mol. The van der Waals surface area contributed by atoms with Crippen LogP contribution in [0.1, 0.15) is 28.9 Å². The quantitative estimate of drug-likeness (QED) is 0.915. The maximum absolute atomic E-state index is 6.18. The minimum absolute atomic E-state index is 0.374. The molecule has 1 aliphatic rings. The molecule has 1 aliphatic carbocycles. The third kappa shape index (κ3) is 2.63. The van der Waals surface area contributed by atoms with E-state index in [-0.39, 0.29) is 0 Å². The first kappa shape index (κ1) is 13.4. The van der Waals surface area contributed by atoms with Crippen LogP contribution in [0.25, 0.3) is 0 Å². The summed E-state index contributed by atoms with van der Waals surface area (Å²) in [6.07, 6.45) is 3.22. The Kier molecular flexibility index (Phi) is 3.62. The topological polar surface area (TPSA) is 37.8 Å². The van der Waals surface area contributed by atoms with E-state index in [4.69, 9.17) is 11.6 Å². The van der Waals surface area contributed by atoms with Crippen molar-refractivity contribution in [2.45, 2.75) is 39.2 Å². The Morgan fingerprint density at radius 3 is 2.60 bits per heavy atom. The molecule has 0 saturated carbocycles. The summed E-state index contributed by atoms with van der Waals surface area (Å²) in [6.45, 7) is 3.88. The van der Waals surface area contributed by atoms with Crippen molar-refractivity contribution in [1.29, 1.82) is 0 Å². The van der Waals surface area contributed by atoms with Gasteiger partial charge in [-0.2, -0.15) is 0 Å². The molecule has 20 heavy (non-hydrogen) atoms. The van der Waals surface area contributed by atoms with E-state index in [0.29, 0.717) is 17.0 Å². The van der Waals surface area contributed by atoms with Gasteiger partial charge in [-0.25, -0.2) is 9.97 Å². The van der Waals surface area contributed by atoms with E-state index in [0.717, 1.165) is 30.7 Å². The molecule has 0 amide bonds. The van der Waals surface area contributed by atoms with E-state index in [1.54, 1.807) is 0 Å². The molecule has 1 unspecified atom stereocenters. The largest absolute Gasteiger partial charge is 0.364 e. The van der Waals surface area contributed by atoms with Gasteiger partial charge in [-0.15, -0.1) is 0 Å². The van der Waals surface area contributed by atoms with Crippen molar-refractivity contribution in [3.05, 3.63) is 51.9 Å². The van der Waals surface area contributed by atoms with Gasteiger partial charge >= 0.3 is 0 Å². The summed E-state index contributed by atoms with van der Waals surface area (Å²) < 4.78 is 0. The Balaban J connectivity index is 1.78. The molecule has 0 spiro atoms. The molecule has 104 valence electrons. The second-order valence-electron chi connectivity index (χ2n) is 5.39. The van der Waals surface area contributed by atoms with Gasteiger partial charge in [-0.1, -0.05) is 35.9 Å². The van der Waals surface area contributed by atoms with Gasteiger partial charge in [0.25, 0.3) is 0 Å². The zero-order valence-electron chi connectivity index (χ0n) is 11.8. The Morgan fingerprint density at radius 2 is 1.80 bits per heavy atom. The molecule has 1 N–H and O–H groups in total. The van der Waals surface area contributed by atoms with Crippen LogP contribution in [-0.4, -0.2) is 16.0 Å². The standard InChI is InChI=1S/C16H18ClN3/c1-10-11(2)19-16(15(17)18-10)20-14-8-7-12-5-3-4-6-13(12)9-14/h3-6,14H,7-9H2,1-2H3,(H,19,20). The number of halogens is 1. The number of anilines is 1. The summed E-state index contributed by atoms with van der Waals surface area (Å²) in [6, 6.07) is 9.01. The van der Waals surface area contributed by atoms with Gasteiger partial charge in [0.15, 0.2) is 11.0 Å². The minimum Gasteiger partial charge on any atom is -0.364 e. The number of aromatic nitrogens is 2. The number of aryl methyl sites for hydroxylation is 3. The smallest absolute Gasteiger partial charge is 0.171 e. The van der Waals surface area contributed by atoms with E-state index >= 15 is 0 Å². The Labute approximate surface area is 124 Å². The van der Waals surface area contributed by atoms with Crippen LogP contribution >= 0.6 is 11.6 Å². The Bertz CT molecular complexity index is 640. The van der Waals surface area contributed by atoms with Gasteiger partial charge < -0.3 is 5.32 Å². The molecule has 3 rings (SSSR count). The van der Waals surface area contributed by atoms with Crippen LogP contribution in [0, 0.1) is 13.8 Å². The second-order valence-corrected chi connectivity index (χ2v) is 5.74. The Morgan fingerprint density at radius 1 is 1.10 bits per heavy atom. The van der Waals surface area contributed by atoms with Gasteiger partial charge in [0, 0.05) is 6.04 Å². The van der Waals surface area contributed by atoms with Crippen molar-refractivity contribution in [3.63, 3.8) is 0 Å².